The number of nitrogens with zero attached hydrogens (tertiary/aromatic N) is 1. The van der Waals surface area contributed by atoms with E-state index in [-0.39, 0.29) is 0 Å². The van der Waals surface area contributed by atoms with E-state index < -0.39 is 0 Å². The molecule has 1 aromatic heterocycles. The summed E-state index contributed by atoms with van der Waals surface area (Å²) in [5, 5.41) is 4.45. The van der Waals surface area contributed by atoms with Crippen LogP contribution in [0.3, 0.4) is 0 Å². The van der Waals surface area contributed by atoms with Crippen molar-refractivity contribution in [3.63, 3.8) is 0 Å². The third kappa shape index (κ3) is 3.73. The highest BCUT2D eigenvalue weighted by Gasteiger charge is 2.42. The third-order valence-corrected chi connectivity index (χ3v) is 6.28. The van der Waals surface area contributed by atoms with Crippen LogP contribution in [-0.2, 0) is 16.0 Å². The average Bonchev–Trinajstić information content (AvgIpc) is 3.05. The van der Waals surface area contributed by atoms with E-state index in [1.54, 1.807) is 11.3 Å². The Morgan fingerprint density at radius 3 is 2.86 bits per heavy atom. The van der Waals surface area contributed by atoms with Crippen LogP contribution in [0.1, 0.15) is 37.7 Å². The number of rotatable bonds is 6. The molecular weight excluding hydrogens is 294 g/mol. The maximum atomic E-state index is 6.05. The largest absolute Gasteiger partial charge is 0.378 e. The van der Waals surface area contributed by atoms with Crippen molar-refractivity contribution in [2.24, 2.45) is 11.3 Å². The van der Waals surface area contributed by atoms with Crippen molar-refractivity contribution in [2.75, 3.05) is 32.9 Å². The lowest BCUT2D eigenvalue weighted by molar-refractivity contribution is 0.00917. The summed E-state index contributed by atoms with van der Waals surface area (Å²) in [6.07, 6.45) is 6.88. The van der Waals surface area contributed by atoms with Crippen LogP contribution in [-0.4, -0.2) is 43.9 Å². The van der Waals surface area contributed by atoms with Crippen molar-refractivity contribution in [2.45, 2.75) is 44.8 Å². The molecule has 4 heteroatoms. The van der Waals surface area contributed by atoms with Crippen LogP contribution < -0.4 is 0 Å². The van der Waals surface area contributed by atoms with E-state index in [1.165, 1.54) is 50.8 Å². The summed E-state index contributed by atoms with van der Waals surface area (Å²) >= 11 is 1.80. The van der Waals surface area contributed by atoms with E-state index in [4.69, 9.17) is 9.47 Å². The minimum absolute atomic E-state index is 0.349. The quantitative estimate of drug-likeness (QED) is 0.800. The SMILES string of the molecule is c1cc(CN2CCC3(CC2)CO[C@@H](COCC2CC2)C3)cs1. The molecule has 1 aromatic rings. The second-order valence-electron chi connectivity index (χ2n) is 7.53. The summed E-state index contributed by atoms with van der Waals surface area (Å²) < 4.78 is 11.9. The monoisotopic (exact) mass is 321 g/mol. The average molecular weight is 321 g/mol. The van der Waals surface area contributed by atoms with E-state index >= 15 is 0 Å². The molecule has 0 bridgehead atoms. The van der Waals surface area contributed by atoms with Gasteiger partial charge in [-0.3, -0.25) is 4.90 Å². The lowest BCUT2D eigenvalue weighted by Crippen LogP contribution is -2.40. The first-order chi connectivity index (χ1) is 10.8. The van der Waals surface area contributed by atoms with Gasteiger partial charge in [-0.05, 0) is 78.9 Å². The molecule has 0 radical (unpaired) electrons. The Bertz CT molecular complexity index is 463. The maximum absolute atomic E-state index is 6.05. The van der Waals surface area contributed by atoms with Gasteiger partial charge in [-0.2, -0.15) is 11.3 Å². The van der Waals surface area contributed by atoms with Crippen LogP contribution in [0, 0.1) is 11.3 Å². The summed E-state index contributed by atoms with van der Waals surface area (Å²) in [5.74, 6) is 0.857. The molecule has 1 atom stereocenters. The zero-order valence-corrected chi connectivity index (χ0v) is 14.2. The van der Waals surface area contributed by atoms with Crippen molar-refractivity contribution in [1.29, 1.82) is 0 Å². The van der Waals surface area contributed by atoms with Gasteiger partial charge in [0.1, 0.15) is 0 Å². The Labute approximate surface area is 137 Å². The molecule has 1 aliphatic carbocycles. The Kier molecular flexibility index (Phi) is 4.54. The number of piperidine rings is 1. The van der Waals surface area contributed by atoms with Crippen LogP contribution in [0.15, 0.2) is 16.8 Å². The molecule has 4 rings (SSSR count). The van der Waals surface area contributed by atoms with Gasteiger partial charge in [-0.1, -0.05) is 0 Å². The molecule has 1 spiro atoms. The van der Waals surface area contributed by atoms with Crippen molar-refractivity contribution >= 4 is 11.3 Å². The lowest BCUT2D eigenvalue weighted by atomic mass is 9.76. The minimum Gasteiger partial charge on any atom is -0.378 e. The van der Waals surface area contributed by atoms with Gasteiger partial charge in [-0.15, -0.1) is 0 Å². The highest BCUT2D eigenvalue weighted by Crippen LogP contribution is 2.42. The Balaban J connectivity index is 1.20. The third-order valence-electron chi connectivity index (χ3n) is 5.54. The highest BCUT2D eigenvalue weighted by atomic mass is 32.1. The number of ether oxygens (including phenoxy) is 2. The summed E-state index contributed by atoms with van der Waals surface area (Å²) in [4.78, 5) is 2.60. The highest BCUT2D eigenvalue weighted by molar-refractivity contribution is 7.07. The molecule has 0 unspecified atom stereocenters. The van der Waals surface area contributed by atoms with Crippen molar-refractivity contribution < 1.29 is 9.47 Å². The fraction of sp³-hybridized carbons (Fsp3) is 0.778. The molecule has 2 saturated heterocycles. The van der Waals surface area contributed by atoms with E-state index in [9.17, 15) is 0 Å². The van der Waals surface area contributed by atoms with Crippen molar-refractivity contribution in [1.82, 2.24) is 4.90 Å². The van der Waals surface area contributed by atoms with Gasteiger partial charge < -0.3 is 9.47 Å². The smallest absolute Gasteiger partial charge is 0.0814 e. The van der Waals surface area contributed by atoms with Crippen molar-refractivity contribution in [3.8, 4) is 0 Å². The summed E-state index contributed by atoms with van der Waals surface area (Å²) in [6.45, 7) is 6.28. The number of likely N-dealkylation sites (tertiary alicyclic amines) is 1. The molecular formula is C18H27NO2S. The zero-order chi connectivity index (χ0) is 14.8. The minimum atomic E-state index is 0.349. The first-order valence-electron chi connectivity index (χ1n) is 8.74. The van der Waals surface area contributed by atoms with E-state index in [0.717, 1.165) is 32.3 Å². The predicted octanol–water partition coefficient (Wildman–Crippen LogP) is 3.55. The molecule has 0 N–H and O–H groups in total. The Hall–Kier alpha value is -0.420. The molecule has 3 fully saturated rings. The predicted molar refractivity (Wildman–Crippen MR) is 89.2 cm³/mol. The lowest BCUT2D eigenvalue weighted by Gasteiger charge is -2.38. The molecule has 3 nitrogen and oxygen atoms in total. The van der Waals surface area contributed by atoms with E-state index in [0.29, 0.717) is 11.5 Å². The molecule has 22 heavy (non-hydrogen) atoms. The molecule has 0 amide bonds. The van der Waals surface area contributed by atoms with Gasteiger partial charge in [0.2, 0.25) is 0 Å². The number of hydrogen-bond acceptors (Lipinski definition) is 4. The van der Waals surface area contributed by atoms with E-state index in [1.807, 2.05) is 0 Å². The van der Waals surface area contributed by atoms with E-state index in [2.05, 4.69) is 21.7 Å². The standard InChI is InChI=1S/C18H27NO2S/c1-2-15(1)11-20-12-17-9-18(14-21-17)4-6-19(7-5-18)10-16-3-8-22-13-16/h3,8,13,15,17H,1-2,4-7,9-12,14H2/t17-/m1/s1. The summed E-state index contributed by atoms with van der Waals surface area (Å²) in [7, 11) is 0. The molecule has 1 saturated carbocycles. The molecule has 3 aliphatic rings. The Morgan fingerprint density at radius 2 is 2.14 bits per heavy atom. The van der Waals surface area contributed by atoms with Crippen molar-refractivity contribution in [3.05, 3.63) is 22.4 Å². The molecule has 3 heterocycles. The Morgan fingerprint density at radius 1 is 1.27 bits per heavy atom. The fourth-order valence-electron chi connectivity index (χ4n) is 3.83. The molecule has 122 valence electrons. The fourth-order valence-corrected chi connectivity index (χ4v) is 4.49. The second kappa shape index (κ2) is 6.60. The normalized spacial score (nSPS) is 28.5. The van der Waals surface area contributed by atoms with Gasteiger partial charge >= 0.3 is 0 Å². The van der Waals surface area contributed by atoms with Crippen LogP contribution in [0.25, 0.3) is 0 Å². The topological polar surface area (TPSA) is 21.7 Å². The van der Waals surface area contributed by atoms with Crippen LogP contribution >= 0.6 is 11.3 Å². The maximum Gasteiger partial charge on any atom is 0.0814 e. The summed E-state index contributed by atoms with van der Waals surface area (Å²) in [5.41, 5.74) is 1.91. The van der Waals surface area contributed by atoms with Gasteiger partial charge in [0.15, 0.2) is 0 Å². The van der Waals surface area contributed by atoms with Gasteiger partial charge in [0, 0.05) is 13.2 Å². The van der Waals surface area contributed by atoms with Crippen LogP contribution in [0.5, 0.6) is 0 Å². The van der Waals surface area contributed by atoms with Crippen LogP contribution in [0.2, 0.25) is 0 Å². The van der Waals surface area contributed by atoms with Crippen LogP contribution in [0.4, 0.5) is 0 Å². The summed E-state index contributed by atoms with van der Waals surface area (Å²) in [6, 6.07) is 2.25. The molecule has 0 aromatic carbocycles. The van der Waals surface area contributed by atoms with Gasteiger partial charge in [0.05, 0.1) is 19.3 Å². The van der Waals surface area contributed by atoms with Gasteiger partial charge in [0.25, 0.3) is 0 Å². The molecule has 2 aliphatic heterocycles. The first kappa shape index (κ1) is 15.1. The number of hydrogen-bond donors (Lipinski definition) is 0. The van der Waals surface area contributed by atoms with Gasteiger partial charge in [-0.25, -0.2) is 0 Å². The number of thiophene rings is 1. The first-order valence-corrected chi connectivity index (χ1v) is 9.68. The zero-order valence-electron chi connectivity index (χ0n) is 13.3. The second-order valence-corrected chi connectivity index (χ2v) is 8.31.